The highest BCUT2D eigenvalue weighted by Gasteiger charge is 2.09. The molecule has 116 valence electrons. The monoisotopic (exact) mass is 405 g/mol. The fourth-order valence-electron chi connectivity index (χ4n) is 1.57. The summed E-state index contributed by atoms with van der Waals surface area (Å²) in [5, 5.41) is 6.07. The third-order valence-corrected chi connectivity index (χ3v) is 2.63. The van der Waals surface area contributed by atoms with Crippen molar-refractivity contribution in [3.63, 3.8) is 0 Å². The molecule has 0 fully saturated rings. The Morgan fingerprint density at radius 2 is 2.24 bits per heavy atom. The number of halogens is 2. The Morgan fingerprint density at radius 1 is 1.48 bits per heavy atom. The number of benzene rings is 1. The van der Waals surface area contributed by atoms with E-state index in [1.807, 2.05) is 6.92 Å². The van der Waals surface area contributed by atoms with Gasteiger partial charge in [0.15, 0.2) is 5.96 Å². The Morgan fingerprint density at radius 3 is 2.81 bits per heavy atom. The highest BCUT2D eigenvalue weighted by molar-refractivity contribution is 14.0. The van der Waals surface area contributed by atoms with E-state index in [2.05, 4.69) is 21.5 Å². The smallest absolute Gasteiger partial charge is 0.191 e. The maximum Gasteiger partial charge on any atom is 0.191 e. The molecule has 0 saturated carbocycles. The van der Waals surface area contributed by atoms with Crippen LogP contribution in [0.15, 0.2) is 29.3 Å². The zero-order valence-electron chi connectivity index (χ0n) is 12.2. The lowest BCUT2D eigenvalue weighted by molar-refractivity contribution is 0.199. The van der Waals surface area contributed by atoms with Gasteiger partial charge in [-0.2, -0.15) is 0 Å². The number of aliphatic imine (C=N–C) groups is 1. The molecule has 2 N–H and O–H groups in total. The largest absolute Gasteiger partial charge is 0.489 e. The van der Waals surface area contributed by atoms with E-state index in [9.17, 15) is 4.39 Å². The second-order valence-corrected chi connectivity index (χ2v) is 4.12. The first-order valence-electron chi connectivity index (χ1n) is 6.49. The second-order valence-electron chi connectivity index (χ2n) is 4.12. The van der Waals surface area contributed by atoms with Gasteiger partial charge in [-0.1, -0.05) is 18.9 Å². The van der Waals surface area contributed by atoms with Gasteiger partial charge < -0.3 is 15.4 Å². The third-order valence-electron chi connectivity index (χ3n) is 2.63. The molecule has 0 saturated heterocycles. The van der Waals surface area contributed by atoms with Gasteiger partial charge in [0.25, 0.3) is 0 Å². The van der Waals surface area contributed by atoms with Crippen molar-refractivity contribution in [1.82, 2.24) is 10.6 Å². The number of nitrogens with zero attached hydrogens (tertiary/aromatic N) is 1. The lowest BCUT2D eigenvalue weighted by Gasteiger charge is -2.19. The van der Waals surface area contributed by atoms with Crippen molar-refractivity contribution in [2.45, 2.75) is 19.4 Å². The van der Waals surface area contributed by atoms with E-state index in [0.29, 0.717) is 24.8 Å². The standard InChI is InChI=1S/C15H20FN3O.HI/c1-4-9-18-15(17-3)19-11-13(5-2)20-14-8-6-7-12(16)10-14;/h1,6-8,10,13H,5,9,11H2,2-3H3,(H2,17,18,19);1H. The van der Waals surface area contributed by atoms with E-state index in [-0.39, 0.29) is 35.9 Å². The normalized spacial score (nSPS) is 11.8. The van der Waals surface area contributed by atoms with Crippen molar-refractivity contribution in [2.24, 2.45) is 4.99 Å². The van der Waals surface area contributed by atoms with Crippen LogP contribution in [0, 0.1) is 18.2 Å². The predicted octanol–water partition coefficient (Wildman–Crippen LogP) is 2.40. The zero-order valence-corrected chi connectivity index (χ0v) is 14.6. The van der Waals surface area contributed by atoms with Crippen LogP contribution in [0.3, 0.4) is 0 Å². The summed E-state index contributed by atoms with van der Waals surface area (Å²) in [6, 6.07) is 6.11. The Bertz CT molecular complexity index is 488. The molecule has 0 spiro atoms. The van der Waals surface area contributed by atoms with Crippen molar-refractivity contribution >= 4 is 29.9 Å². The second kappa shape index (κ2) is 11.2. The summed E-state index contributed by atoms with van der Waals surface area (Å²) >= 11 is 0. The molecule has 6 heteroatoms. The molecule has 1 rings (SSSR count). The molecular weight excluding hydrogens is 384 g/mol. The van der Waals surface area contributed by atoms with Gasteiger partial charge in [-0.15, -0.1) is 30.4 Å². The minimum atomic E-state index is -0.309. The van der Waals surface area contributed by atoms with E-state index in [4.69, 9.17) is 11.2 Å². The minimum Gasteiger partial charge on any atom is -0.489 e. The predicted molar refractivity (Wildman–Crippen MR) is 94.7 cm³/mol. The lowest BCUT2D eigenvalue weighted by atomic mass is 10.2. The summed E-state index contributed by atoms with van der Waals surface area (Å²) in [6.45, 7) is 2.96. The van der Waals surface area contributed by atoms with Gasteiger partial charge >= 0.3 is 0 Å². The number of terminal acetylenes is 1. The fourth-order valence-corrected chi connectivity index (χ4v) is 1.57. The van der Waals surface area contributed by atoms with E-state index in [0.717, 1.165) is 6.42 Å². The van der Waals surface area contributed by atoms with Gasteiger partial charge in [0.05, 0.1) is 13.1 Å². The Balaban J connectivity index is 0.00000400. The topological polar surface area (TPSA) is 45.7 Å². The Labute approximate surface area is 142 Å². The third kappa shape index (κ3) is 7.75. The van der Waals surface area contributed by atoms with Crippen LogP contribution in [0.1, 0.15) is 13.3 Å². The molecule has 21 heavy (non-hydrogen) atoms. The van der Waals surface area contributed by atoms with Gasteiger partial charge in [-0.3, -0.25) is 4.99 Å². The van der Waals surface area contributed by atoms with Crippen molar-refractivity contribution in [3.05, 3.63) is 30.1 Å². The molecular formula is C15H21FIN3O. The summed E-state index contributed by atoms with van der Waals surface area (Å²) < 4.78 is 18.8. The van der Waals surface area contributed by atoms with Crippen LogP contribution in [0.5, 0.6) is 5.75 Å². The SMILES string of the molecule is C#CCNC(=NC)NCC(CC)Oc1cccc(F)c1.I. The molecule has 4 nitrogen and oxygen atoms in total. The van der Waals surface area contributed by atoms with Crippen molar-refractivity contribution in [2.75, 3.05) is 20.1 Å². The maximum absolute atomic E-state index is 13.1. The fraction of sp³-hybridized carbons (Fsp3) is 0.400. The average Bonchev–Trinajstić information content (AvgIpc) is 2.46. The number of guanidine groups is 1. The van der Waals surface area contributed by atoms with E-state index < -0.39 is 0 Å². The molecule has 1 atom stereocenters. The zero-order chi connectivity index (χ0) is 14.8. The van der Waals surface area contributed by atoms with E-state index in [1.165, 1.54) is 12.1 Å². The number of hydrogen-bond donors (Lipinski definition) is 2. The molecule has 0 aliphatic heterocycles. The summed E-state index contributed by atoms with van der Waals surface area (Å²) in [7, 11) is 1.67. The quantitative estimate of drug-likeness (QED) is 0.331. The summed E-state index contributed by atoms with van der Waals surface area (Å²) in [5.74, 6) is 3.30. The summed E-state index contributed by atoms with van der Waals surface area (Å²) in [4.78, 5) is 4.04. The first kappa shape index (κ1) is 19.5. The van der Waals surface area contributed by atoms with Crippen LogP contribution in [0.25, 0.3) is 0 Å². The maximum atomic E-state index is 13.1. The van der Waals surface area contributed by atoms with Gasteiger partial charge in [-0.25, -0.2) is 4.39 Å². The first-order chi connectivity index (χ1) is 9.69. The van der Waals surface area contributed by atoms with Crippen LogP contribution in [-0.4, -0.2) is 32.2 Å². The van der Waals surface area contributed by atoms with Gasteiger partial charge in [0, 0.05) is 13.1 Å². The number of nitrogens with one attached hydrogen (secondary N) is 2. The van der Waals surface area contributed by atoms with Crippen LogP contribution >= 0.6 is 24.0 Å². The molecule has 0 aliphatic rings. The molecule has 1 aromatic rings. The summed E-state index contributed by atoms with van der Waals surface area (Å²) in [5.41, 5.74) is 0. The van der Waals surface area contributed by atoms with Gasteiger partial charge in [-0.05, 0) is 18.6 Å². The number of rotatable bonds is 6. The first-order valence-corrected chi connectivity index (χ1v) is 6.49. The molecule has 1 aromatic carbocycles. The summed E-state index contributed by atoms with van der Waals surface area (Å²) in [6.07, 6.45) is 5.88. The lowest BCUT2D eigenvalue weighted by Crippen LogP contribution is -2.42. The molecule has 0 bridgehead atoms. The average molecular weight is 405 g/mol. The van der Waals surface area contributed by atoms with Gasteiger partial charge in [0.2, 0.25) is 0 Å². The molecule has 0 amide bonds. The van der Waals surface area contributed by atoms with Crippen LogP contribution in [0.4, 0.5) is 4.39 Å². The minimum absolute atomic E-state index is 0. The van der Waals surface area contributed by atoms with E-state index >= 15 is 0 Å². The number of hydrogen-bond acceptors (Lipinski definition) is 2. The Kier molecular flexibility index (Phi) is 10.4. The molecule has 0 heterocycles. The van der Waals surface area contributed by atoms with Crippen molar-refractivity contribution in [3.8, 4) is 18.1 Å². The highest BCUT2D eigenvalue weighted by atomic mass is 127. The molecule has 0 aromatic heterocycles. The highest BCUT2D eigenvalue weighted by Crippen LogP contribution is 2.14. The number of ether oxygens (including phenoxy) is 1. The molecule has 1 unspecified atom stereocenters. The van der Waals surface area contributed by atoms with Crippen LogP contribution in [-0.2, 0) is 0 Å². The van der Waals surface area contributed by atoms with Gasteiger partial charge in [0.1, 0.15) is 17.7 Å². The van der Waals surface area contributed by atoms with E-state index in [1.54, 1.807) is 19.2 Å². The Hall–Kier alpha value is -1.49. The molecule has 0 radical (unpaired) electrons. The van der Waals surface area contributed by atoms with Crippen LogP contribution in [0.2, 0.25) is 0 Å². The van der Waals surface area contributed by atoms with Crippen molar-refractivity contribution < 1.29 is 9.13 Å². The molecule has 0 aliphatic carbocycles. The van der Waals surface area contributed by atoms with Crippen molar-refractivity contribution in [1.29, 1.82) is 0 Å². The van der Waals surface area contributed by atoms with Crippen LogP contribution < -0.4 is 15.4 Å².